The smallest absolute Gasteiger partial charge is 0.263 e. The molecule has 5 rings (SSSR count). The summed E-state index contributed by atoms with van der Waals surface area (Å²) in [5.74, 6) is 1.34. The van der Waals surface area contributed by atoms with Gasteiger partial charge in [0.15, 0.2) is 11.5 Å². The van der Waals surface area contributed by atoms with E-state index in [1.54, 1.807) is 0 Å². The molecule has 2 aromatic heterocycles. The Labute approximate surface area is 154 Å². The number of hydrogen-bond donors (Lipinski definition) is 2. The van der Waals surface area contributed by atoms with Crippen molar-refractivity contribution in [2.45, 2.75) is 31.7 Å². The zero-order valence-corrected chi connectivity index (χ0v) is 15.0. The second-order valence-corrected chi connectivity index (χ2v) is 7.83. The Bertz CT molecular complexity index is 1020. The Hall–Kier alpha value is -2.54. The molecule has 2 aliphatic rings. The number of benzene rings is 1. The topological polar surface area (TPSA) is 86.5 Å². The van der Waals surface area contributed by atoms with E-state index >= 15 is 0 Å². The molecule has 3 heterocycles. The highest BCUT2D eigenvalue weighted by Crippen LogP contribution is 2.39. The summed E-state index contributed by atoms with van der Waals surface area (Å²) in [6, 6.07) is 6.05. The lowest BCUT2D eigenvalue weighted by molar-refractivity contribution is 0.0943. The molecule has 0 bridgehead atoms. The van der Waals surface area contributed by atoms with Gasteiger partial charge in [0.05, 0.1) is 11.2 Å². The van der Waals surface area contributed by atoms with Crippen LogP contribution in [0, 0.1) is 0 Å². The first kappa shape index (κ1) is 15.7. The van der Waals surface area contributed by atoms with Gasteiger partial charge in [0.25, 0.3) is 5.91 Å². The summed E-state index contributed by atoms with van der Waals surface area (Å²) >= 11 is 1.35. The molecule has 6 nitrogen and oxygen atoms in total. The highest BCUT2D eigenvalue weighted by Gasteiger charge is 2.23. The van der Waals surface area contributed by atoms with E-state index in [-0.39, 0.29) is 11.9 Å². The van der Waals surface area contributed by atoms with E-state index in [0.29, 0.717) is 29.5 Å². The highest BCUT2D eigenvalue weighted by atomic mass is 32.1. The van der Waals surface area contributed by atoms with Crippen molar-refractivity contribution in [3.05, 3.63) is 23.1 Å². The maximum absolute atomic E-state index is 12.6. The molecular weight excluding hydrogens is 350 g/mol. The Morgan fingerprint density at radius 3 is 2.65 bits per heavy atom. The van der Waals surface area contributed by atoms with Gasteiger partial charge in [0.2, 0.25) is 0 Å². The molecular formula is C19H19N3O3S. The number of anilines is 1. The summed E-state index contributed by atoms with van der Waals surface area (Å²) < 4.78 is 11.3. The molecule has 1 aromatic carbocycles. The number of nitrogens with one attached hydrogen (secondary N) is 1. The van der Waals surface area contributed by atoms with Crippen LogP contribution >= 0.6 is 11.3 Å². The van der Waals surface area contributed by atoms with Crippen molar-refractivity contribution in [2.75, 3.05) is 18.9 Å². The Kier molecular flexibility index (Phi) is 3.63. The number of pyridine rings is 1. The number of nitrogens with two attached hydrogens (primary N) is 1. The molecule has 1 amide bonds. The lowest BCUT2D eigenvalue weighted by atomic mass is 10.1. The second-order valence-electron chi connectivity index (χ2n) is 6.83. The molecule has 7 heteroatoms. The van der Waals surface area contributed by atoms with Crippen molar-refractivity contribution in [3.63, 3.8) is 0 Å². The molecule has 1 saturated carbocycles. The Morgan fingerprint density at radius 2 is 1.88 bits per heavy atom. The predicted octanol–water partition coefficient (Wildman–Crippen LogP) is 3.48. The minimum Gasteiger partial charge on any atom is -0.486 e. The molecule has 3 N–H and O–H groups in total. The summed E-state index contributed by atoms with van der Waals surface area (Å²) in [4.78, 5) is 18.7. The van der Waals surface area contributed by atoms with Crippen LogP contribution in [0.5, 0.6) is 11.5 Å². The zero-order chi connectivity index (χ0) is 17.7. The molecule has 0 radical (unpaired) electrons. The van der Waals surface area contributed by atoms with Crippen molar-refractivity contribution in [3.8, 4) is 11.5 Å². The molecule has 1 aliphatic heterocycles. The Balaban J connectivity index is 1.57. The second kappa shape index (κ2) is 6.02. The van der Waals surface area contributed by atoms with E-state index in [0.717, 1.165) is 39.7 Å². The molecule has 26 heavy (non-hydrogen) atoms. The SMILES string of the molecule is Nc1c(C(=O)NC2CCCC2)sc2nc3cc4c(cc3cc12)OCCO4. The number of hydrogen-bond acceptors (Lipinski definition) is 6. The van der Waals surface area contributed by atoms with Crippen LogP contribution in [0.1, 0.15) is 35.4 Å². The van der Waals surface area contributed by atoms with Crippen LogP contribution in [0.3, 0.4) is 0 Å². The molecule has 0 atom stereocenters. The lowest BCUT2D eigenvalue weighted by Gasteiger charge is -2.18. The average Bonchev–Trinajstić information content (AvgIpc) is 3.26. The molecule has 0 unspecified atom stereocenters. The summed E-state index contributed by atoms with van der Waals surface area (Å²) in [7, 11) is 0. The maximum atomic E-state index is 12.6. The first-order chi connectivity index (χ1) is 12.7. The van der Waals surface area contributed by atoms with Gasteiger partial charge in [0.1, 0.15) is 22.9 Å². The third kappa shape index (κ3) is 2.54. The fraction of sp³-hybridized carbons (Fsp3) is 0.368. The van der Waals surface area contributed by atoms with Crippen molar-refractivity contribution >= 4 is 44.1 Å². The summed E-state index contributed by atoms with van der Waals surface area (Å²) in [5, 5.41) is 4.85. The van der Waals surface area contributed by atoms with E-state index in [1.807, 2.05) is 18.2 Å². The summed E-state index contributed by atoms with van der Waals surface area (Å²) in [6.45, 7) is 1.08. The molecule has 1 aliphatic carbocycles. The maximum Gasteiger partial charge on any atom is 0.263 e. The largest absolute Gasteiger partial charge is 0.486 e. The minimum absolute atomic E-state index is 0.0904. The van der Waals surface area contributed by atoms with Gasteiger partial charge in [-0.2, -0.15) is 0 Å². The number of ether oxygens (including phenoxy) is 2. The molecule has 134 valence electrons. The fourth-order valence-electron chi connectivity index (χ4n) is 3.73. The number of nitrogen functional groups attached to an aromatic ring is 1. The van der Waals surface area contributed by atoms with Crippen LogP contribution in [0.15, 0.2) is 18.2 Å². The lowest BCUT2D eigenvalue weighted by Crippen LogP contribution is -2.32. The normalized spacial score (nSPS) is 17.1. The fourth-order valence-corrected chi connectivity index (χ4v) is 4.72. The molecule has 3 aromatic rings. The van der Waals surface area contributed by atoms with Gasteiger partial charge in [0, 0.05) is 22.9 Å². The van der Waals surface area contributed by atoms with Gasteiger partial charge < -0.3 is 20.5 Å². The molecule has 1 fully saturated rings. The van der Waals surface area contributed by atoms with Crippen LogP contribution < -0.4 is 20.5 Å². The van der Waals surface area contributed by atoms with Crippen LogP contribution in [0.25, 0.3) is 21.1 Å². The van der Waals surface area contributed by atoms with Gasteiger partial charge >= 0.3 is 0 Å². The van der Waals surface area contributed by atoms with Gasteiger partial charge in [-0.25, -0.2) is 4.98 Å². The van der Waals surface area contributed by atoms with Crippen molar-refractivity contribution in [1.29, 1.82) is 0 Å². The molecule has 0 spiro atoms. The number of thiophene rings is 1. The van der Waals surface area contributed by atoms with Crippen LogP contribution in [-0.2, 0) is 0 Å². The monoisotopic (exact) mass is 369 g/mol. The number of nitrogens with zero attached hydrogens (tertiary/aromatic N) is 1. The quantitative estimate of drug-likeness (QED) is 0.722. The third-order valence-corrected chi connectivity index (χ3v) is 6.19. The average molecular weight is 369 g/mol. The minimum atomic E-state index is -0.0904. The van der Waals surface area contributed by atoms with Crippen LogP contribution in [0.2, 0.25) is 0 Å². The summed E-state index contributed by atoms with van der Waals surface area (Å²) in [5.41, 5.74) is 7.61. The van der Waals surface area contributed by atoms with Gasteiger partial charge in [-0.3, -0.25) is 4.79 Å². The van der Waals surface area contributed by atoms with Crippen LogP contribution in [-0.4, -0.2) is 30.1 Å². The number of aromatic nitrogens is 1. The van der Waals surface area contributed by atoms with E-state index in [1.165, 1.54) is 24.2 Å². The zero-order valence-electron chi connectivity index (χ0n) is 14.2. The first-order valence-corrected chi connectivity index (χ1v) is 9.74. The number of fused-ring (bicyclic) bond motifs is 3. The van der Waals surface area contributed by atoms with E-state index in [9.17, 15) is 4.79 Å². The van der Waals surface area contributed by atoms with Crippen molar-refractivity contribution in [2.24, 2.45) is 0 Å². The van der Waals surface area contributed by atoms with E-state index in [4.69, 9.17) is 20.2 Å². The van der Waals surface area contributed by atoms with E-state index in [2.05, 4.69) is 5.32 Å². The van der Waals surface area contributed by atoms with Gasteiger partial charge in [-0.15, -0.1) is 11.3 Å². The number of amides is 1. The molecule has 0 saturated heterocycles. The third-order valence-electron chi connectivity index (χ3n) is 5.07. The standard InChI is InChI=1S/C19H19N3O3S/c20-16-12-7-10-8-14-15(25-6-5-24-14)9-13(10)22-19(12)26-17(16)18(23)21-11-3-1-2-4-11/h7-9,11H,1-6,20H2,(H,21,23). The van der Waals surface area contributed by atoms with Gasteiger partial charge in [-0.1, -0.05) is 12.8 Å². The van der Waals surface area contributed by atoms with Crippen molar-refractivity contribution < 1.29 is 14.3 Å². The van der Waals surface area contributed by atoms with Crippen molar-refractivity contribution in [1.82, 2.24) is 10.3 Å². The number of carbonyl (C=O) groups excluding carboxylic acids is 1. The Morgan fingerprint density at radius 1 is 1.15 bits per heavy atom. The van der Waals surface area contributed by atoms with Gasteiger partial charge in [-0.05, 0) is 25.0 Å². The highest BCUT2D eigenvalue weighted by molar-refractivity contribution is 7.21. The number of carbonyl (C=O) groups is 1. The van der Waals surface area contributed by atoms with E-state index < -0.39 is 0 Å². The first-order valence-electron chi connectivity index (χ1n) is 8.92. The predicted molar refractivity (Wildman–Crippen MR) is 102 cm³/mol. The number of rotatable bonds is 2. The van der Waals surface area contributed by atoms with Crippen LogP contribution in [0.4, 0.5) is 5.69 Å². The summed E-state index contributed by atoms with van der Waals surface area (Å²) in [6.07, 6.45) is 4.44.